The number of rotatable bonds is 1. The van der Waals surface area contributed by atoms with E-state index in [4.69, 9.17) is 11.6 Å². The molecule has 0 saturated carbocycles. The van der Waals surface area contributed by atoms with Crippen molar-refractivity contribution in [1.82, 2.24) is 0 Å². The minimum Gasteiger partial charge on any atom is -0.219 e. The molecule has 0 N–H and O–H groups in total. The average molecular weight is 227 g/mol. The monoisotopic (exact) mass is 226 g/mol. The molecule has 0 saturated heterocycles. The number of hydrogen-bond acceptors (Lipinski definition) is 2. The summed E-state index contributed by atoms with van der Waals surface area (Å²) in [5.41, 5.74) is 0.175. The van der Waals surface area contributed by atoms with Crippen molar-refractivity contribution in [2.24, 2.45) is 9.98 Å². The lowest BCUT2D eigenvalue weighted by molar-refractivity contribution is 0.587. The van der Waals surface area contributed by atoms with Gasteiger partial charge in [-0.3, -0.25) is 0 Å². The Kier molecular flexibility index (Phi) is 3.61. The van der Waals surface area contributed by atoms with Crippen LogP contribution in [0.3, 0.4) is 0 Å². The predicted octanol–water partition coefficient (Wildman–Crippen LogP) is 4.08. The van der Waals surface area contributed by atoms with Crippen LogP contribution in [0, 0.1) is 5.82 Å². The summed E-state index contributed by atoms with van der Waals surface area (Å²) in [6.07, 6.45) is 0. The van der Waals surface area contributed by atoms with Crippen molar-refractivity contribution in [3.8, 4) is 0 Å². The van der Waals surface area contributed by atoms with Crippen LogP contribution in [0.2, 0.25) is 5.02 Å². The first-order valence-corrected chi connectivity index (χ1v) is 4.88. The molecule has 1 rings (SSSR count). The summed E-state index contributed by atoms with van der Waals surface area (Å²) in [6.45, 7) is 5.77. The van der Waals surface area contributed by atoms with E-state index in [9.17, 15) is 4.39 Å². The van der Waals surface area contributed by atoms with E-state index in [-0.39, 0.29) is 5.54 Å². The van der Waals surface area contributed by atoms with Crippen molar-refractivity contribution in [3.05, 3.63) is 29.0 Å². The molecule has 0 amide bonds. The number of benzene rings is 1. The Morgan fingerprint density at radius 2 is 1.93 bits per heavy atom. The second-order valence-corrected chi connectivity index (χ2v) is 4.56. The SMILES string of the molecule is CC(C)(C)N=C=Nc1cc(F)cc(Cl)c1. The van der Waals surface area contributed by atoms with Crippen molar-refractivity contribution in [3.63, 3.8) is 0 Å². The molecule has 80 valence electrons. The molecule has 0 spiro atoms. The molecule has 0 radical (unpaired) electrons. The van der Waals surface area contributed by atoms with Crippen LogP contribution in [0.1, 0.15) is 20.8 Å². The molecule has 0 bridgehead atoms. The lowest BCUT2D eigenvalue weighted by Crippen LogP contribution is -2.07. The van der Waals surface area contributed by atoms with E-state index >= 15 is 0 Å². The van der Waals surface area contributed by atoms with Gasteiger partial charge >= 0.3 is 0 Å². The van der Waals surface area contributed by atoms with Crippen LogP contribution in [-0.4, -0.2) is 11.5 Å². The van der Waals surface area contributed by atoms with Gasteiger partial charge < -0.3 is 0 Å². The Morgan fingerprint density at radius 1 is 1.27 bits per heavy atom. The van der Waals surface area contributed by atoms with Gasteiger partial charge in [0.1, 0.15) is 5.82 Å². The molecule has 0 fully saturated rings. The highest BCUT2D eigenvalue weighted by atomic mass is 35.5. The zero-order valence-electron chi connectivity index (χ0n) is 8.88. The van der Waals surface area contributed by atoms with Crippen molar-refractivity contribution in [2.75, 3.05) is 0 Å². The van der Waals surface area contributed by atoms with Gasteiger partial charge in [-0.1, -0.05) is 11.6 Å². The van der Waals surface area contributed by atoms with Crippen LogP contribution < -0.4 is 0 Å². The van der Waals surface area contributed by atoms with Crippen molar-refractivity contribution in [1.29, 1.82) is 0 Å². The Hall–Kier alpha value is -1.18. The summed E-state index contributed by atoms with van der Waals surface area (Å²) >= 11 is 5.66. The molecule has 2 nitrogen and oxygen atoms in total. The van der Waals surface area contributed by atoms with Gasteiger partial charge in [0, 0.05) is 11.1 Å². The van der Waals surface area contributed by atoms with Crippen molar-refractivity contribution >= 4 is 23.3 Å². The molecule has 0 atom stereocenters. The van der Waals surface area contributed by atoms with Crippen molar-refractivity contribution in [2.45, 2.75) is 26.3 Å². The zero-order chi connectivity index (χ0) is 11.5. The normalized spacial score (nSPS) is 10.7. The third-order valence-electron chi connectivity index (χ3n) is 1.41. The Labute approximate surface area is 93.5 Å². The Balaban J connectivity index is 2.95. The van der Waals surface area contributed by atoms with Gasteiger partial charge in [0.15, 0.2) is 0 Å². The van der Waals surface area contributed by atoms with Crippen LogP contribution in [0.15, 0.2) is 28.2 Å². The van der Waals surface area contributed by atoms with E-state index in [2.05, 4.69) is 16.0 Å². The quantitative estimate of drug-likeness (QED) is 0.645. The fourth-order valence-corrected chi connectivity index (χ4v) is 1.05. The standard InChI is InChI=1S/C11H12ClFN2/c1-11(2,3)15-7-14-10-5-8(12)4-9(13)6-10/h4-6H,1-3H3. The van der Waals surface area contributed by atoms with Crippen LogP contribution in [-0.2, 0) is 0 Å². The highest BCUT2D eigenvalue weighted by Crippen LogP contribution is 2.19. The van der Waals surface area contributed by atoms with E-state index < -0.39 is 5.82 Å². The lowest BCUT2D eigenvalue weighted by atomic mass is 10.1. The first-order chi connectivity index (χ1) is 6.87. The average Bonchev–Trinajstić information content (AvgIpc) is 1.99. The Morgan fingerprint density at radius 3 is 2.47 bits per heavy atom. The lowest BCUT2D eigenvalue weighted by Gasteiger charge is -2.06. The molecule has 0 heterocycles. The van der Waals surface area contributed by atoms with E-state index in [1.165, 1.54) is 12.1 Å². The van der Waals surface area contributed by atoms with Crippen LogP contribution >= 0.6 is 11.6 Å². The second-order valence-electron chi connectivity index (χ2n) is 4.12. The smallest absolute Gasteiger partial charge is 0.126 e. The maximum absolute atomic E-state index is 12.9. The predicted molar refractivity (Wildman–Crippen MR) is 60.7 cm³/mol. The molecule has 15 heavy (non-hydrogen) atoms. The van der Waals surface area contributed by atoms with Gasteiger partial charge in [0.05, 0.1) is 17.2 Å². The van der Waals surface area contributed by atoms with Gasteiger partial charge in [-0.25, -0.2) is 9.38 Å². The molecule has 1 aromatic carbocycles. The molecule has 0 aromatic heterocycles. The maximum atomic E-state index is 12.9. The number of hydrogen-bond donors (Lipinski definition) is 0. The molecule has 4 heteroatoms. The highest BCUT2D eigenvalue weighted by molar-refractivity contribution is 6.30. The van der Waals surface area contributed by atoms with Crippen LogP contribution in [0.5, 0.6) is 0 Å². The van der Waals surface area contributed by atoms with Gasteiger partial charge in [0.25, 0.3) is 0 Å². The van der Waals surface area contributed by atoms with E-state index in [1.54, 1.807) is 6.07 Å². The molecular formula is C11H12ClFN2. The molecule has 1 aromatic rings. The first-order valence-electron chi connectivity index (χ1n) is 4.50. The van der Waals surface area contributed by atoms with Gasteiger partial charge in [0.2, 0.25) is 0 Å². The number of halogens is 2. The summed E-state index contributed by atoms with van der Waals surface area (Å²) in [4.78, 5) is 7.90. The minimum atomic E-state index is -0.418. The summed E-state index contributed by atoms with van der Waals surface area (Å²) < 4.78 is 12.9. The third-order valence-corrected chi connectivity index (χ3v) is 1.63. The van der Waals surface area contributed by atoms with E-state index in [0.717, 1.165) is 0 Å². The zero-order valence-corrected chi connectivity index (χ0v) is 9.64. The molecular weight excluding hydrogens is 215 g/mol. The highest BCUT2D eigenvalue weighted by Gasteiger charge is 2.04. The van der Waals surface area contributed by atoms with E-state index in [0.29, 0.717) is 10.7 Å². The van der Waals surface area contributed by atoms with Crippen LogP contribution in [0.25, 0.3) is 0 Å². The third kappa shape index (κ3) is 4.73. The Bertz CT molecular complexity index is 395. The molecule has 0 aliphatic carbocycles. The van der Waals surface area contributed by atoms with Crippen LogP contribution in [0.4, 0.5) is 10.1 Å². The second kappa shape index (κ2) is 4.56. The van der Waals surface area contributed by atoms with Gasteiger partial charge in [-0.15, -0.1) is 0 Å². The molecule has 0 aliphatic heterocycles. The fourth-order valence-electron chi connectivity index (χ4n) is 0.837. The maximum Gasteiger partial charge on any atom is 0.126 e. The summed E-state index contributed by atoms with van der Waals surface area (Å²) in [5, 5.41) is 0.311. The summed E-state index contributed by atoms with van der Waals surface area (Å²) in [7, 11) is 0. The van der Waals surface area contributed by atoms with Gasteiger partial charge in [-0.2, -0.15) is 4.99 Å². The van der Waals surface area contributed by atoms with Crippen molar-refractivity contribution < 1.29 is 4.39 Å². The summed E-state index contributed by atoms with van der Waals surface area (Å²) in [5.74, 6) is -0.418. The number of nitrogens with zero attached hydrogens (tertiary/aromatic N) is 2. The molecule has 0 unspecified atom stereocenters. The molecule has 0 aliphatic rings. The largest absolute Gasteiger partial charge is 0.219 e. The fraction of sp³-hybridized carbons (Fsp3) is 0.364. The minimum absolute atomic E-state index is 0.235. The summed E-state index contributed by atoms with van der Waals surface area (Å²) in [6, 6.07) is 6.57. The first kappa shape index (κ1) is 11.9. The topological polar surface area (TPSA) is 24.7 Å². The van der Waals surface area contributed by atoms with Gasteiger partial charge in [-0.05, 0) is 32.9 Å². The number of aliphatic imine (C=N–C) groups is 2. The van der Waals surface area contributed by atoms with E-state index in [1.807, 2.05) is 20.8 Å².